The zero-order chi connectivity index (χ0) is 20.4. The molecule has 1 aromatic heterocycles. The minimum Gasteiger partial charge on any atom is -0.444 e. The van der Waals surface area contributed by atoms with Crippen LogP contribution in [0.5, 0.6) is 0 Å². The zero-order valence-electron chi connectivity index (χ0n) is 15.9. The van der Waals surface area contributed by atoms with Crippen molar-refractivity contribution in [3.05, 3.63) is 71.1 Å². The molecular formula is C21H21N3O4S. The fourth-order valence-corrected chi connectivity index (χ4v) is 4.26. The van der Waals surface area contributed by atoms with Crippen LogP contribution in [0.2, 0.25) is 0 Å². The van der Waals surface area contributed by atoms with Crippen molar-refractivity contribution in [3.8, 4) is 11.5 Å². The molecule has 0 radical (unpaired) electrons. The highest BCUT2D eigenvalue weighted by Crippen LogP contribution is 2.20. The van der Waals surface area contributed by atoms with Crippen molar-refractivity contribution in [2.45, 2.75) is 24.7 Å². The van der Waals surface area contributed by atoms with Crippen molar-refractivity contribution < 1.29 is 17.6 Å². The third-order valence-electron chi connectivity index (χ3n) is 4.84. The summed E-state index contributed by atoms with van der Waals surface area (Å²) < 4.78 is 33.2. The van der Waals surface area contributed by atoms with Crippen LogP contribution in [0.1, 0.15) is 27.2 Å². The summed E-state index contributed by atoms with van der Waals surface area (Å²) in [5.41, 5.74) is 3.95. The molecule has 1 aliphatic heterocycles. The molecule has 2 aromatic carbocycles. The van der Waals surface area contributed by atoms with Gasteiger partial charge in [0.2, 0.25) is 15.9 Å². The van der Waals surface area contributed by atoms with Gasteiger partial charge in [0.25, 0.3) is 5.91 Å². The number of carbonyl (C=O) groups is 1. The molecule has 0 unspecified atom stereocenters. The van der Waals surface area contributed by atoms with Gasteiger partial charge in [-0.05, 0) is 43.2 Å². The number of oxazole rings is 1. The lowest BCUT2D eigenvalue weighted by Crippen LogP contribution is -2.32. The maximum Gasteiger partial charge on any atom is 0.251 e. The Hall–Kier alpha value is -2.97. The second-order valence-electron chi connectivity index (χ2n) is 6.98. The molecule has 0 atom stereocenters. The Kier molecular flexibility index (Phi) is 5.21. The third-order valence-corrected chi connectivity index (χ3v) is 6.30. The Bertz CT molecular complexity index is 1150. The highest BCUT2D eigenvalue weighted by molar-refractivity contribution is 7.89. The molecule has 3 aromatic rings. The summed E-state index contributed by atoms with van der Waals surface area (Å²) in [7, 11) is -3.73. The van der Waals surface area contributed by atoms with E-state index in [4.69, 9.17) is 4.42 Å². The van der Waals surface area contributed by atoms with Gasteiger partial charge in [-0.25, -0.2) is 18.1 Å². The van der Waals surface area contributed by atoms with Crippen LogP contribution in [0.3, 0.4) is 0 Å². The van der Waals surface area contributed by atoms with E-state index in [-0.39, 0.29) is 17.3 Å². The number of hydrogen-bond acceptors (Lipinski definition) is 5. The van der Waals surface area contributed by atoms with Crippen molar-refractivity contribution in [2.24, 2.45) is 0 Å². The van der Waals surface area contributed by atoms with E-state index in [0.717, 1.165) is 16.7 Å². The highest BCUT2D eigenvalue weighted by atomic mass is 32.2. The van der Waals surface area contributed by atoms with E-state index >= 15 is 0 Å². The van der Waals surface area contributed by atoms with Crippen LogP contribution in [-0.4, -0.2) is 32.4 Å². The average Bonchev–Trinajstić information content (AvgIpc) is 3.17. The molecule has 0 spiro atoms. The van der Waals surface area contributed by atoms with E-state index in [1.54, 1.807) is 6.07 Å². The van der Waals surface area contributed by atoms with E-state index in [1.807, 2.05) is 31.2 Å². The van der Waals surface area contributed by atoms with Crippen LogP contribution in [0, 0.1) is 6.92 Å². The summed E-state index contributed by atoms with van der Waals surface area (Å²) in [6.45, 7) is 2.75. The van der Waals surface area contributed by atoms with E-state index in [2.05, 4.69) is 15.0 Å². The Labute approximate surface area is 169 Å². The smallest absolute Gasteiger partial charge is 0.251 e. The van der Waals surface area contributed by atoms with Crippen molar-refractivity contribution in [1.29, 1.82) is 0 Å². The van der Waals surface area contributed by atoms with Gasteiger partial charge in [0.1, 0.15) is 6.26 Å². The molecule has 1 amide bonds. The summed E-state index contributed by atoms with van der Waals surface area (Å²) in [6.07, 6.45) is 2.62. The molecule has 4 rings (SSSR count). The molecule has 0 saturated carbocycles. The number of carbonyl (C=O) groups excluding carboxylic acids is 1. The molecule has 0 fully saturated rings. The zero-order valence-corrected chi connectivity index (χ0v) is 16.8. The van der Waals surface area contributed by atoms with E-state index in [0.29, 0.717) is 36.5 Å². The minimum atomic E-state index is -3.73. The van der Waals surface area contributed by atoms with E-state index < -0.39 is 10.0 Å². The lowest BCUT2D eigenvalue weighted by atomic mass is 10.0. The number of nitrogens with one attached hydrogen (secondary N) is 2. The van der Waals surface area contributed by atoms with E-state index in [1.165, 1.54) is 18.4 Å². The van der Waals surface area contributed by atoms with Gasteiger partial charge in [0.15, 0.2) is 0 Å². The Morgan fingerprint density at radius 3 is 2.76 bits per heavy atom. The number of sulfonamides is 1. The Balaban J connectivity index is 1.41. The van der Waals surface area contributed by atoms with Gasteiger partial charge in [-0.15, -0.1) is 0 Å². The quantitative estimate of drug-likeness (QED) is 0.649. The van der Waals surface area contributed by atoms with Crippen LogP contribution < -0.4 is 10.0 Å². The fourth-order valence-electron chi connectivity index (χ4n) is 3.21. The largest absolute Gasteiger partial charge is 0.444 e. The molecule has 0 bridgehead atoms. The molecule has 29 heavy (non-hydrogen) atoms. The van der Waals surface area contributed by atoms with E-state index in [9.17, 15) is 13.2 Å². The third kappa shape index (κ3) is 4.23. The molecular weight excluding hydrogens is 390 g/mol. The average molecular weight is 411 g/mol. The van der Waals surface area contributed by atoms with Crippen LogP contribution in [-0.2, 0) is 22.9 Å². The lowest BCUT2D eigenvalue weighted by molar-refractivity contribution is 0.0945. The highest BCUT2D eigenvalue weighted by Gasteiger charge is 2.21. The van der Waals surface area contributed by atoms with Crippen molar-refractivity contribution in [3.63, 3.8) is 0 Å². The van der Waals surface area contributed by atoms with Crippen molar-refractivity contribution >= 4 is 15.9 Å². The first-order chi connectivity index (χ1) is 13.9. The molecule has 0 aliphatic carbocycles. The molecule has 7 nitrogen and oxygen atoms in total. The van der Waals surface area contributed by atoms with Gasteiger partial charge in [0, 0.05) is 30.6 Å². The summed E-state index contributed by atoms with van der Waals surface area (Å²) in [4.78, 5) is 16.4. The number of aromatic nitrogens is 1. The second kappa shape index (κ2) is 7.81. The van der Waals surface area contributed by atoms with Crippen LogP contribution in [0.4, 0.5) is 0 Å². The SMILES string of the molecule is Cc1ccc(-c2nc(CCNS(=O)(=O)c3ccc4c(c3)C(=O)NCC4)co2)cc1. The number of fused-ring (bicyclic) bond motifs is 1. The molecule has 0 saturated heterocycles. The number of nitrogens with zero attached hydrogens (tertiary/aromatic N) is 1. The predicted octanol–water partition coefficient (Wildman–Crippen LogP) is 2.46. The lowest BCUT2D eigenvalue weighted by Gasteiger charge is -2.17. The number of hydrogen-bond donors (Lipinski definition) is 2. The first-order valence-corrected chi connectivity index (χ1v) is 10.8. The maximum atomic E-state index is 12.6. The summed E-state index contributed by atoms with van der Waals surface area (Å²) in [5, 5.41) is 2.73. The van der Waals surface area contributed by atoms with Crippen molar-refractivity contribution in [1.82, 2.24) is 15.0 Å². The molecule has 2 heterocycles. The predicted molar refractivity (Wildman–Crippen MR) is 108 cm³/mol. The van der Waals surface area contributed by atoms with Gasteiger partial charge in [-0.1, -0.05) is 23.8 Å². The summed E-state index contributed by atoms with van der Waals surface area (Å²) in [5.74, 6) is 0.262. The summed E-state index contributed by atoms with van der Waals surface area (Å²) in [6, 6.07) is 12.5. The standard InChI is InChI=1S/C21H21N3O4S/c1-14-2-4-16(5-3-14)21-24-17(13-28-21)9-11-23-29(26,27)18-7-6-15-8-10-22-20(25)19(15)12-18/h2-7,12-13,23H,8-11H2,1H3,(H,22,25). The first-order valence-electron chi connectivity index (χ1n) is 9.35. The van der Waals surface area contributed by atoms with Crippen LogP contribution in [0.15, 0.2) is 58.0 Å². The number of aryl methyl sites for hydroxylation is 1. The molecule has 150 valence electrons. The molecule has 1 aliphatic rings. The Morgan fingerprint density at radius 1 is 1.17 bits per heavy atom. The van der Waals surface area contributed by atoms with Gasteiger partial charge in [-0.2, -0.15) is 0 Å². The topological polar surface area (TPSA) is 101 Å². The first kappa shape index (κ1) is 19.4. The maximum absolute atomic E-state index is 12.6. The van der Waals surface area contributed by atoms with Gasteiger partial charge in [-0.3, -0.25) is 4.79 Å². The van der Waals surface area contributed by atoms with Crippen LogP contribution >= 0.6 is 0 Å². The Morgan fingerprint density at radius 2 is 1.97 bits per heavy atom. The fraction of sp³-hybridized carbons (Fsp3) is 0.238. The second-order valence-corrected chi connectivity index (χ2v) is 8.75. The number of rotatable bonds is 6. The summed E-state index contributed by atoms with van der Waals surface area (Å²) >= 11 is 0. The minimum absolute atomic E-state index is 0.0776. The van der Waals surface area contributed by atoms with Crippen LogP contribution in [0.25, 0.3) is 11.5 Å². The monoisotopic (exact) mass is 411 g/mol. The van der Waals surface area contributed by atoms with Gasteiger partial charge in [0.05, 0.1) is 10.6 Å². The molecule has 8 heteroatoms. The normalized spacial score (nSPS) is 13.8. The number of benzene rings is 2. The molecule has 2 N–H and O–H groups in total. The van der Waals surface area contributed by atoms with Crippen molar-refractivity contribution in [2.75, 3.05) is 13.1 Å². The van der Waals surface area contributed by atoms with Gasteiger partial charge >= 0.3 is 0 Å². The number of amides is 1. The van der Waals surface area contributed by atoms with Gasteiger partial charge < -0.3 is 9.73 Å².